The topological polar surface area (TPSA) is 52.8 Å². The molecule has 94 valence electrons. The normalized spacial score (nSPS) is 11.8. The third kappa shape index (κ3) is 6.00. The summed E-state index contributed by atoms with van der Waals surface area (Å²) in [5.74, 6) is 0.384. The molecule has 0 aromatic heterocycles. The van der Waals surface area contributed by atoms with E-state index in [1.807, 2.05) is 36.6 Å². The van der Waals surface area contributed by atoms with Gasteiger partial charge in [-0.3, -0.25) is 4.99 Å². The molecule has 0 spiro atoms. The van der Waals surface area contributed by atoms with Crippen LogP contribution in [0.4, 0.5) is 5.69 Å². The molecular weight excluding hydrogens is 214 g/mol. The number of hydrogen-bond donors (Lipinski definition) is 2. The van der Waals surface area contributed by atoms with Crippen molar-refractivity contribution in [2.45, 2.75) is 20.0 Å². The quantitative estimate of drug-likeness (QED) is 0.609. The average Bonchev–Trinajstić information content (AvgIpc) is 2.39. The maximum Gasteiger partial charge on any atom is 0.0702 e. The summed E-state index contributed by atoms with van der Waals surface area (Å²) in [4.78, 5) is 4.36. The minimum Gasteiger partial charge on any atom is -0.400 e. The molecule has 0 radical (unpaired) electrons. The van der Waals surface area contributed by atoms with Crippen LogP contribution in [0.25, 0.3) is 0 Å². The smallest absolute Gasteiger partial charge is 0.0702 e. The summed E-state index contributed by atoms with van der Waals surface area (Å²) in [5.41, 5.74) is 1.70. The standard InChI is InChI=1S/C13H17NO.CH4O/c1-3-6-11(2)9-14-13-8-5-4-7-12(13)10-15;1-2/h3-5,7-9,11,15H,1,6,10H2,2H3;2H,1H3. The second kappa shape index (κ2) is 9.75. The van der Waals surface area contributed by atoms with E-state index in [0.717, 1.165) is 24.8 Å². The predicted octanol–water partition coefficient (Wildman–Crippen LogP) is 2.70. The lowest BCUT2D eigenvalue weighted by Gasteiger charge is -2.03. The molecule has 1 aromatic rings. The number of nitrogens with zero attached hydrogens (tertiary/aromatic N) is 1. The van der Waals surface area contributed by atoms with Gasteiger partial charge in [-0.15, -0.1) is 6.58 Å². The van der Waals surface area contributed by atoms with Gasteiger partial charge in [0.2, 0.25) is 0 Å². The Hall–Kier alpha value is -1.45. The zero-order chi connectivity index (χ0) is 13.1. The van der Waals surface area contributed by atoms with E-state index in [-0.39, 0.29) is 6.61 Å². The van der Waals surface area contributed by atoms with Crippen molar-refractivity contribution in [1.82, 2.24) is 0 Å². The molecule has 0 bridgehead atoms. The first kappa shape index (κ1) is 15.6. The summed E-state index contributed by atoms with van der Waals surface area (Å²) in [6.45, 7) is 5.81. The molecule has 1 aromatic carbocycles. The molecule has 0 aliphatic carbocycles. The van der Waals surface area contributed by atoms with Crippen LogP contribution in [0, 0.1) is 5.92 Å². The molecule has 0 amide bonds. The van der Waals surface area contributed by atoms with E-state index >= 15 is 0 Å². The van der Waals surface area contributed by atoms with Gasteiger partial charge in [0.1, 0.15) is 0 Å². The summed E-state index contributed by atoms with van der Waals surface area (Å²) in [7, 11) is 1.00. The van der Waals surface area contributed by atoms with E-state index < -0.39 is 0 Å². The molecule has 0 aliphatic heterocycles. The highest BCUT2D eigenvalue weighted by Crippen LogP contribution is 2.18. The molecule has 0 aliphatic rings. The summed E-state index contributed by atoms with van der Waals surface area (Å²) in [5, 5.41) is 16.1. The van der Waals surface area contributed by atoms with Gasteiger partial charge in [-0.25, -0.2) is 0 Å². The van der Waals surface area contributed by atoms with Gasteiger partial charge in [-0.1, -0.05) is 31.2 Å². The number of benzene rings is 1. The minimum atomic E-state index is 0.0311. The third-order valence-corrected chi connectivity index (χ3v) is 2.17. The second-order valence-electron chi connectivity index (χ2n) is 3.57. The molecule has 0 saturated heterocycles. The lowest BCUT2D eigenvalue weighted by molar-refractivity contribution is 0.282. The molecule has 0 saturated carbocycles. The van der Waals surface area contributed by atoms with Crippen LogP contribution >= 0.6 is 0 Å². The molecule has 0 heterocycles. The van der Waals surface area contributed by atoms with Crippen molar-refractivity contribution in [3.63, 3.8) is 0 Å². The van der Waals surface area contributed by atoms with Crippen LogP contribution in [0.3, 0.4) is 0 Å². The second-order valence-corrected chi connectivity index (χ2v) is 3.57. The number of hydrogen-bond acceptors (Lipinski definition) is 3. The number of rotatable bonds is 5. The van der Waals surface area contributed by atoms with Crippen molar-refractivity contribution in [2.75, 3.05) is 7.11 Å². The Labute approximate surface area is 103 Å². The van der Waals surface area contributed by atoms with Crippen molar-refractivity contribution >= 4 is 11.9 Å². The van der Waals surface area contributed by atoms with E-state index in [1.54, 1.807) is 0 Å². The number of para-hydroxylation sites is 1. The Morgan fingerprint density at radius 1 is 1.35 bits per heavy atom. The zero-order valence-corrected chi connectivity index (χ0v) is 10.5. The highest BCUT2D eigenvalue weighted by molar-refractivity contribution is 5.66. The largest absolute Gasteiger partial charge is 0.400 e. The Bertz CT molecular complexity index is 348. The Morgan fingerprint density at radius 2 is 2.00 bits per heavy atom. The van der Waals surface area contributed by atoms with E-state index in [0.29, 0.717) is 5.92 Å². The first-order valence-corrected chi connectivity index (χ1v) is 5.56. The molecule has 1 atom stereocenters. The SMILES string of the molecule is C=CCC(C)C=Nc1ccccc1CO.CO. The fourth-order valence-electron chi connectivity index (χ4n) is 1.30. The van der Waals surface area contributed by atoms with Gasteiger partial charge in [0, 0.05) is 18.9 Å². The van der Waals surface area contributed by atoms with Crippen LogP contribution in [-0.4, -0.2) is 23.5 Å². The van der Waals surface area contributed by atoms with Crippen LogP contribution in [0.2, 0.25) is 0 Å². The van der Waals surface area contributed by atoms with E-state index in [1.165, 1.54) is 0 Å². The maximum absolute atomic E-state index is 9.10. The van der Waals surface area contributed by atoms with Gasteiger partial charge >= 0.3 is 0 Å². The highest BCUT2D eigenvalue weighted by atomic mass is 16.3. The molecule has 3 heteroatoms. The van der Waals surface area contributed by atoms with E-state index in [9.17, 15) is 0 Å². The van der Waals surface area contributed by atoms with Gasteiger partial charge in [0.05, 0.1) is 12.3 Å². The lowest BCUT2D eigenvalue weighted by atomic mass is 10.1. The summed E-state index contributed by atoms with van der Waals surface area (Å²) < 4.78 is 0. The van der Waals surface area contributed by atoms with E-state index in [2.05, 4.69) is 18.5 Å². The highest BCUT2D eigenvalue weighted by Gasteiger charge is 1.98. The van der Waals surface area contributed by atoms with Crippen molar-refractivity contribution in [1.29, 1.82) is 0 Å². The predicted molar refractivity (Wildman–Crippen MR) is 72.6 cm³/mol. The molecule has 3 nitrogen and oxygen atoms in total. The summed E-state index contributed by atoms with van der Waals surface area (Å²) in [6.07, 6.45) is 4.70. The Kier molecular flexibility index (Phi) is 8.92. The maximum atomic E-state index is 9.10. The van der Waals surface area contributed by atoms with Gasteiger partial charge < -0.3 is 10.2 Å². The number of aliphatic hydroxyl groups is 2. The van der Waals surface area contributed by atoms with Crippen molar-refractivity contribution < 1.29 is 10.2 Å². The average molecular weight is 235 g/mol. The molecule has 17 heavy (non-hydrogen) atoms. The van der Waals surface area contributed by atoms with Gasteiger partial charge in [0.25, 0.3) is 0 Å². The number of aliphatic imine (C=N–C) groups is 1. The van der Waals surface area contributed by atoms with Gasteiger partial charge in [0.15, 0.2) is 0 Å². The third-order valence-electron chi connectivity index (χ3n) is 2.17. The van der Waals surface area contributed by atoms with Crippen molar-refractivity contribution in [3.05, 3.63) is 42.5 Å². The first-order valence-electron chi connectivity index (χ1n) is 5.56. The monoisotopic (exact) mass is 235 g/mol. The molecule has 2 N–H and O–H groups in total. The van der Waals surface area contributed by atoms with Crippen LogP contribution in [0.5, 0.6) is 0 Å². The molecule has 0 fully saturated rings. The number of allylic oxidation sites excluding steroid dienone is 1. The van der Waals surface area contributed by atoms with Crippen LogP contribution < -0.4 is 0 Å². The van der Waals surface area contributed by atoms with Crippen molar-refractivity contribution in [2.24, 2.45) is 10.9 Å². The van der Waals surface area contributed by atoms with Crippen LogP contribution in [0.15, 0.2) is 41.9 Å². The summed E-state index contributed by atoms with van der Waals surface area (Å²) in [6, 6.07) is 7.61. The number of aliphatic hydroxyl groups excluding tert-OH is 2. The van der Waals surface area contributed by atoms with Crippen LogP contribution in [-0.2, 0) is 6.61 Å². The first-order chi connectivity index (χ1) is 8.27. The minimum absolute atomic E-state index is 0.0311. The Balaban J connectivity index is 0.00000121. The zero-order valence-electron chi connectivity index (χ0n) is 10.5. The van der Waals surface area contributed by atoms with E-state index in [4.69, 9.17) is 10.2 Å². The summed E-state index contributed by atoms with van der Waals surface area (Å²) >= 11 is 0. The van der Waals surface area contributed by atoms with Crippen molar-refractivity contribution in [3.8, 4) is 0 Å². The molecular formula is C14H21NO2. The lowest BCUT2D eigenvalue weighted by Crippen LogP contribution is -1.93. The Morgan fingerprint density at radius 3 is 2.59 bits per heavy atom. The van der Waals surface area contributed by atoms with Crippen LogP contribution in [0.1, 0.15) is 18.9 Å². The van der Waals surface area contributed by atoms with Gasteiger partial charge in [-0.05, 0) is 18.4 Å². The molecule has 1 unspecified atom stereocenters. The fourth-order valence-corrected chi connectivity index (χ4v) is 1.30. The fraction of sp³-hybridized carbons (Fsp3) is 0.357. The van der Waals surface area contributed by atoms with Gasteiger partial charge in [-0.2, -0.15) is 0 Å². The molecule has 1 rings (SSSR count).